The van der Waals surface area contributed by atoms with Crippen LogP contribution in [0.25, 0.3) is 0 Å². The summed E-state index contributed by atoms with van der Waals surface area (Å²) in [5.41, 5.74) is 14.3. The van der Waals surface area contributed by atoms with Gasteiger partial charge in [-0.05, 0) is 86.9 Å². The van der Waals surface area contributed by atoms with Gasteiger partial charge in [0, 0.05) is 34.1 Å². The molecule has 7 aromatic carbocycles. The van der Waals surface area contributed by atoms with E-state index >= 15 is 0 Å². The molecule has 0 saturated carbocycles. The number of hydrogen-bond acceptors (Lipinski definition) is 2. The van der Waals surface area contributed by atoms with Crippen molar-refractivity contribution < 1.29 is 0 Å². The summed E-state index contributed by atoms with van der Waals surface area (Å²) < 4.78 is 0. The monoisotopic (exact) mass is 800 g/mol. The molecular weight excluding hydrogens is 744 g/mol. The molecule has 0 fully saturated rings. The molecule has 0 aromatic heterocycles. The normalized spacial score (nSPS) is 13.8. The predicted molar refractivity (Wildman–Crippen MR) is 264 cm³/mol. The third-order valence-corrected chi connectivity index (χ3v) is 20.5. The van der Waals surface area contributed by atoms with Gasteiger partial charge in [0.25, 0.3) is 6.71 Å². The topological polar surface area (TPSA) is 6.48 Å². The molecule has 0 spiro atoms. The molecule has 2 aliphatic rings. The molecule has 0 radical (unpaired) electrons. The summed E-state index contributed by atoms with van der Waals surface area (Å²) in [6.45, 7) is 23.9. The molecule has 0 aliphatic carbocycles. The Bertz CT molecular complexity index is 2670. The van der Waals surface area contributed by atoms with Crippen LogP contribution >= 0.6 is 0 Å². The van der Waals surface area contributed by atoms with Crippen LogP contribution in [-0.2, 0) is 10.8 Å². The van der Waals surface area contributed by atoms with Crippen molar-refractivity contribution in [1.29, 1.82) is 0 Å². The predicted octanol–water partition coefficient (Wildman–Crippen LogP) is 10.0. The average Bonchev–Trinajstić information content (AvgIpc) is 3.23. The maximum atomic E-state index is 2.60. The van der Waals surface area contributed by atoms with Crippen molar-refractivity contribution in [2.24, 2.45) is 0 Å². The molecule has 59 heavy (non-hydrogen) atoms. The van der Waals surface area contributed by atoms with E-state index in [1.54, 1.807) is 0 Å². The third kappa shape index (κ3) is 6.63. The van der Waals surface area contributed by atoms with Crippen LogP contribution in [0.4, 0.5) is 34.1 Å². The SMILES string of the molecule is CC(C)(C)c1ccc(N2c3ccc(C(C)(C)C)cc3B3c4cc([Si](C)(C)c5ccccc5)ccc4N(c4ccc([Si](C)(C)c5ccccc5)cc4)c4cccc2c43)cc1. The molecule has 0 N–H and O–H groups in total. The summed E-state index contributed by atoms with van der Waals surface area (Å²) in [6, 6.07) is 63.0. The van der Waals surface area contributed by atoms with Gasteiger partial charge >= 0.3 is 0 Å². The second kappa shape index (κ2) is 14.1. The molecule has 0 bridgehead atoms. The molecule has 2 heterocycles. The molecule has 2 aliphatic heterocycles. The van der Waals surface area contributed by atoms with Crippen molar-refractivity contribution in [2.75, 3.05) is 9.80 Å². The Morgan fingerprint density at radius 3 is 1.29 bits per heavy atom. The summed E-state index contributed by atoms with van der Waals surface area (Å²) in [4.78, 5) is 5.10. The van der Waals surface area contributed by atoms with Crippen LogP contribution in [0.3, 0.4) is 0 Å². The lowest BCUT2D eigenvalue weighted by molar-refractivity contribution is 0.590. The van der Waals surface area contributed by atoms with Gasteiger partial charge in [-0.3, -0.25) is 0 Å². The van der Waals surface area contributed by atoms with Crippen LogP contribution in [0.2, 0.25) is 26.2 Å². The zero-order chi connectivity index (χ0) is 41.5. The molecule has 9 rings (SSSR count). The summed E-state index contributed by atoms with van der Waals surface area (Å²) >= 11 is 0. The van der Waals surface area contributed by atoms with E-state index in [4.69, 9.17) is 0 Å². The molecule has 7 aromatic rings. The van der Waals surface area contributed by atoms with Crippen molar-refractivity contribution in [3.8, 4) is 0 Å². The van der Waals surface area contributed by atoms with Gasteiger partial charge in [0.05, 0.1) is 0 Å². The van der Waals surface area contributed by atoms with Gasteiger partial charge in [0.1, 0.15) is 16.1 Å². The standard InChI is InChI=1S/C54H57BN2Si2/c1-53(2,3)38-24-27-40(28-25-38)56-48-34-26-39(54(4,5)6)36-46(48)55-47-37-45(59(9,10)43-20-15-12-16-21-43)33-35-49(47)57(51-23-17-22-50(56)52(51)55)41-29-31-44(32-30-41)58(7,8)42-18-13-11-14-19-42/h11-37H,1-10H3. The summed E-state index contributed by atoms with van der Waals surface area (Å²) in [5.74, 6) is 0. The van der Waals surface area contributed by atoms with Gasteiger partial charge < -0.3 is 9.80 Å². The van der Waals surface area contributed by atoms with Gasteiger partial charge in [0.2, 0.25) is 0 Å². The van der Waals surface area contributed by atoms with Crippen molar-refractivity contribution in [1.82, 2.24) is 0 Å². The maximum absolute atomic E-state index is 2.60. The van der Waals surface area contributed by atoms with Gasteiger partial charge in [-0.2, -0.15) is 0 Å². The highest BCUT2D eigenvalue weighted by molar-refractivity contribution is 7.03. The van der Waals surface area contributed by atoms with E-state index in [9.17, 15) is 0 Å². The molecule has 0 saturated heterocycles. The van der Waals surface area contributed by atoms with E-state index < -0.39 is 16.1 Å². The molecule has 0 amide bonds. The number of rotatable bonds is 6. The van der Waals surface area contributed by atoms with E-state index in [2.05, 4.69) is 241 Å². The number of hydrogen-bond donors (Lipinski definition) is 0. The van der Waals surface area contributed by atoms with Crippen LogP contribution in [0, 0.1) is 0 Å². The Balaban J connectivity index is 1.30. The smallest absolute Gasteiger partial charge is 0.252 e. The zero-order valence-corrected chi connectivity index (χ0v) is 38.6. The summed E-state index contributed by atoms with van der Waals surface area (Å²) in [6.07, 6.45) is 0. The Morgan fingerprint density at radius 2 is 0.780 bits per heavy atom. The first-order valence-corrected chi connectivity index (χ1v) is 27.4. The van der Waals surface area contributed by atoms with Crippen molar-refractivity contribution >= 4 is 94.1 Å². The van der Waals surface area contributed by atoms with Crippen LogP contribution in [-0.4, -0.2) is 22.9 Å². The molecule has 0 atom stereocenters. The van der Waals surface area contributed by atoms with Gasteiger partial charge in [-0.15, -0.1) is 0 Å². The highest BCUT2D eigenvalue weighted by atomic mass is 28.3. The number of nitrogens with zero attached hydrogens (tertiary/aromatic N) is 2. The van der Waals surface area contributed by atoms with Crippen LogP contribution in [0.15, 0.2) is 164 Å². The fraction of sp³-hybridized carbons (Fsp3) is 0.222. The fourth-order valence-corrected chi connectivity index (χ4v) is 14.3. The van der Waals surface area contributed by atoms with E-state index in [-0.39, 0.29) is 17.5 Å². The molecule has 0 unspecified atom stereocenters. The molecule has 5 heteroatoms. The Hall–Kier alpha value is -5.36. The van der Waals surface area contributed by atoms with Crippen LogP contribution < -0.4 is 46.9 Å². The van der Waals surface area contributed by atoms with Gasteiger partial charge in [-0.1, -0.05) is 204 Å². The first-order chi connectivity index (χ1) is 28.0. The third-order valence-electron chi connectivity index (χ3n) is 13.4. The average molecular weight is 801 g/mol. The van der Waals surface area contributed by atoms with Crippen molar-refractivity contribution in [3.63, 3.8) is 0 Å². The highest BCUT2D eigenvalue weighted by Crippen LogP contribution is 2.44. The quantitative estimate of drug-likeness (QED) is 0.155. The lowest BCUT2D eigenvalue weighted by atomic mass is 9.33. The zero-order valence-electron chi connectivity index (χ0n) is 36.6. The summed E-state index contributed by atoms with van der Waals surface area (Å²) in [5, 5.41) is 5.82. The molecular formula is C54H57BN2Si2. The summed E-state index contributed by atoms with van der Waals surface area (Å²) in [7, 11) is -3.94. The second-order valence-corrected chi connectivity index (χ2v) is 28.7. The maximum Gasteiger partial charge on any atom is 0.252 e. The first-order valence-electron chi connectivity index (χ1n) is 21.4. The van der Waals surface area contributed by atoms with E-state index in [1.165, 1.54) is 82.4 Å². The number of benzene rings is 7. The highest BCUT2D eigenvalue weighted by Gasteiger charge is 2.44. The van der Waals surface area contributed by atoms with Crippen LogP contribution in [0.5, 0.6) is 0 Å². The lowest BCUT2D eigenvalue weighted by Crippen LogP contribution is -2.63. The minimum Gasteiger partial charge on any atom is -0.311 e. The minimum atomic E-state index is -2.05. The number of anilines is 6. The van der Waals surface area contributed by atoms with E-state index in [0.29, 0.717) is 0 Å². The second-order valence-electron chi connectivity index (χ2n) is 19.9. The largest absolute Gasteiger partial charge is 0.311 e. The van der Waals surface area contributed by atoms with Crippen LogP contribution in [0.1, 0.15) is 52.7 Å². The fourth-order valence-electron chi connectivity index (χ4n) is 9.54. The Labute approximate surface area is 355 Å². The van der Waals surface area contributed by atoms with E-state index in [0.717, 1.165) is 0 Å². The Kier molecular flexibility index (Phi) is 9.37. The van der Waals surface area contributed by atoms with Gasteiger partial charge in [0.15, 0.2) is 0 Å². The lowest BCUT2D eigenvalue weighted by Gasteiger charge is -2.45. The van der Waals surface area contributed by atoms with Gasteiger partial charge in [-0.25, -0.2) is 0 Å². The van der Waals surface area contributed by atoms with E-state index in [1.807, 2.05) is 0 Å². The first kappa shape index (κ1) is 39.1. The number of fused-ring (bicyclic) bond motifs is 4. The molecule has 294 valence electrons. The Morgan fingerprint density at radius 1 is 0.373 bits per heavy atom. The van der Waals surface area contributed by atoms with Crippen molar-refractivity contribution in [3.05, 3.63) is 175 Å². The molecule has 2 nitrogen and oxygen atoms in total. The minimum absolute atomic E-state index is 0.000191. The van der Waals surface area contributed by atoms with Crippen molar-refractivity contribution in [2.45, 2.75) is 78.6 Å².